The van der Waals surface area contributed by atoms with Gasteiger partial charge in [-0.3, -0.25) is 4.79 Å². The van der Waals surface area contributed by atoms with Crippen LogP contribution in [-0.2, 0) is 28.0 Å². The zero-order valence-corrected chi connectivity index (χ0v) is 21.1. The molecule has 4 nitrogen and oxygen atoms in total. The van der Waals surface area contributed by atoms with Crippen LogP contribution in [0.2, 0.25) is 5.02 Å². The monoisotopic (exact) mass is 556 g/mol. The lowest BCUT2D eigenvalue weighted by Crippen LogP contribution is -2.43. The smallest absolute Gasteiger partial charge is 0.374 e. The van der Waals surface area contributed by atoms with E-state index in [1.54, 1.807) is 36.4 Å². The third-order valence-electron chi connectivity index (χ3n) is 6.27. The quantitative estimate of drug-likeness (QED) is 0.316. The van der Waals surface area contributed by atoms with Gasteiger partial charge in [0, 0.05) is 35.5 Å². The SMILES string of the molecule is CC(C)CC(=O)NCc1ccc(C2=NOC(c3cc(Cl)cc(C(F)(F)F)c3)(C(F)(F)F)C2)c2ccccc12. The van der Waals surface area contributed by atoms with Crippen molar-refractivity contribution in [2.45, 2.75) is 51.2 Å². The first-order valence-electron chi connectivity index (χ1n) is 11.7. The van der Waals surface area contributed by atoms with Crippen molar-refractivity contribution in [2.75, 3.05) is 0 Å². The number of nitrogens with one attached hydrogen (secondary N) is 1. The molecule has 0 spiro atoms. The minimum absolute atomic E-state index is 0.0811. The topological polar surface area (TPSA) is 50.7 Å². The molecule has 0 aliphatic carbocycles. The first kappa shape index (κ1) is 27.8. The fraction of sp³-hybridized carbons (Fsp3) is 0.333. The Bertz CT molecular complexity index is 1400. The number of fused-ring (bicyclic) bond motifs is 1. The van der Waals surface area contributed by atoms with Gasteiger partial charge in [-0.2, -0.15) is 26.3 Å². The van der Waals surface area contributed by atoms with Gasteiger partial charge in [0.1, 0.15) is 0 Å². The van der Waals surface area contributed by atoms with Crippen LogP contribution in [-0.4, -0.2) is 17.8 Å². The molecule has 11 heteroatoms. The molecule has 3 aromatic rings. The van der Waals surface area contributed by atoms with Gasteiger partial charge in [0.15, 0.2) is 0 Å². The van der Waals surface area contributed by atoms with Gasteiger partial charge in [-0.15, -0.1) is 0 Å². The summed E-state index contributed by atoms with van der Waals surface area (Å²) in [5.74, 6) is 0.0477. The van der Waals surface area contributed by atoms with Gasteiger partial charge in [-0.1, -0.05) is 67.0 Å². The van der Waals surface area contributed by atoms with E-state index in [0.29, 0.717) is 34.9 Å². The zero-order chi connectivity index (χ0) is 27.9. The molecule has 1 N–H and O–H groups in total. The van der Waals surface area contributed by atoms with Crippen LogP contribution in [0.15, 0.2) is 59.8 Å². The molecule has 38 heavy (non-hydrogen) atoms. The van der Waals surface area contributed by atoms with E-state index in [1.807, 2.05) is 13.8 Å². The molecule has 1 unspecified atom stereocenters. The maximum absolute atomic E-state index is 14.4. The van der Waals surface area contributed by atoms with Crippen molar-refractivity contribution in [1.29, 1.82) is 0 Å². The summed E-state index contributed by atoms with van der Waals surface area (Å²) in [5, 5.41) is 7.29. The molecular formula is C27H23ClF6N2O2. The first-order chi connectivity index (χ1) is 17.7. The first-order valence-corrected chi connectivity index (χ1v) is 12.1. The summed E-state index contributed by atoms with van der Waals surface area (Å²) in [6, 6.07) is 11.9. The molecule has 3 aromatic carbocycles. The van der Waals surface area contributed by atoms with E-state index < -0.39 is 40.5 Å². The number of alkyl halides is 6. The average molecular weight is 557 g/mol. The Kier molecular flexibility index (Phi) is 7.40. The molecule has 0 aromatic heterocycles. The highest BCUT2D eigenvalue weighted by Gasteiger charge is 2.62. The summed E-state index contributed by atoms with van der Waals surface area (Å²) in [4.78, 5) is 17.1. The normalized spacial score (nSPS) is 18.0. The van der Waals surface area contributed by atoms with Crippen molar-refractivity contribution in [3.8, 4) is 0 Å². The second kappa shape index (κ2) is 10.1. The molecule has 202 valence electrons. The molecule has 0 saturated heterocycles. The minimum Gasteiger partial charge on any atom is -0.374 e. The standard InChI is InChI=1S/C27H23ClF6N2O2/c1-15(2)9-24(37)35-14-16-7-8-22(21-6-4-3-5-20(16)21)23-13-25(38-36-23,27(32,33)34)17-10-18(26(29,30)31)12-19(28)11-17/h3-8,10-12,15H,9,13-14H2,1-2H3,(H,35,37). The van der Waals surface area contributed by atoms with E-state index in [0.717, 1.165) is 11.6 Å². The van der Waals surface area contributed by atoms with Crippen LogP contribution in [0, 0.1) is 5.92 Å². The van der Waals surface area contributed by atoms with Crippen molar-refractivity contribution >= 4 is 34.0 Å². The predicted molar refractivity (Wildman–Crippen MR) is 132 cm³/mol. The predicted octanol–water partition coefficient (Wildman–Crippen LogP) is 7.76. The van der Waals surface area contributed by atoms with Gasteiger partial charge >= 0.3 is 12.4 Å². The molecule has 1 amide bonds. The molecule has 4 rings (SSSR count). The molecule has 0 radical (unpaired) electrons. The van der Waals surface area contributed by atoms with E-state index in [4.69, 9.17) is 16.4 Å². The second-order valence-electron chi connectivity index (χ2n) is 9.55. The number of hydrogen-bond donors (Lipinski definition) is 1. The molecule has 0 bridgehead atoms. The van der Waals surface area contributed by atoms with Crippen LogP contribution in [0.25, 0.3) is 10.8 Å². The van der Waals surface area contributed by atoms with Gasteiger partial charge in [0.25, 0.3) is 5.60 Å². The summed E-state index contributed by atoms with van der Waals surface area (Å²) in [5.41, 5.74) is -4.28. The van der Waals surface area contributed by atoms with Crippen LogP contribution in [0.1, 0.15) is 48.9 Å². The zero-order valence-electron chi connectivity index (χ0n) is 20.3. The third-order valence-corrected chi connectivity index (χ3v) is 6.49. The Morgan fingerprint density at radius 3 is 2.37 bits per heavy atom. The third kappa shape index (κ3) is 5.45. The van der Waals surface area contributed by atoms with Crippen molar-refractivity contribution in [2.24, 2.45) is 11.1 Å². The highest BCUT2D eigenvalue weighted by molar-refractivity contribution is 6.30. The maximum Gasteiger partial charge on any atom is 0.435 e. The fourth-order valence-electron chi connectivity index (χ4n) is 4.44. The van der Waals surface area contributed by atoms with Crippen molar-refractivity contribution in [3.05, 3.63) is 81.9 Å². The van der Waals surface area contributed by atoms with Gasteiger partial charge in [0.05, 0.1) is 11.3 Å². The number of halogens is 7. The molecular weight excluding hydrogens is 534 g/mol. The van der Waals surface area contributed by atoms with E-state index in [1.165, 1.54) is 0 Å². The highest BCUT2D eigenvalue weighted by atomic mass is 35.5. The Morgan fingerprint density at radius 1 is 1.05 bits per heavy atom. The van der Waals surface area contributed by atoms with Crippen molar-refractivity contribution in [1.82, 2.24) is 5.32 Å². The molecule has 1 aliphatic heterocycles. The number of carbonyl (C=O) groups excluding carboxylic acids is 1. The van der Waals surface area contributed by atoms with Gasteiger partial charge < -0.3 is 10.2 Å². The van der Waals surface area contributed by atoms with Crippen LogP contribution in [0.3, 0.4) is 0 Å². The molecule has 1 heterocycles. The summed E-state index contributed by atoms with van der Waals surface area (Å²) < 4.78 is 83.3. The molecule has 1 aliphatic rings. The summed E-state index contributed by atoms with van der Waals surface area (Å²) in [6.07, 6.45) is -10.5. The fourth-order valence-corrected chi connectivity index (χ4v) is 4.67. The number of carbonyl (C=O) groups is 1. The van der Waals surface area contributed by atoms with Crippen LogP contribution >= 0.6 is 11.6 Å². The highest BCUT2D eigenvalue weighted by Crippen LogP contribution is 2.50. The van der Waals surface area contributed by atoms with E-state index in [2.05, 4.69) is 10.5 Å². The van der Waals surface area contributed by atoms with Crippen molar-refractivity contribution < 1.29 is 36.0 Å². The van der Waals surface area contributed by atoms with Crippen LogP contribution in [0.4, 0.5) is 26.3 Å². The van der Waals surface area contributed by atoms with Gasteiger partial charge in [-0.05, 0) is 40.5 Å². The number of amides is 1. The van der Waals surface area contributed by atoms with Crippen LogP contribution in [0.5, 0.6) is 0 Å². The molecule has 0 saturated carbocycles. The summed E-state index contributed by atoms with van der Waals surface area (Å²) in [6.45, 7) is 4.05. The average Bonchev–Trinajstić information content (AvgIpc) is 3.28. The minimum atomic E-state index is -5.11. The Hall–Kier alpha value is -3.27. The largest absolute Gasteiger partial charge is 0.435 e. The van der Waals surface area contributed by atoms with E-state index in [9.17, 15) is 31.1 Å². The summed E-state index contributed by atoms with van der Waals surface area (Å²) in [7, 11) is 0. The molecule has 0 fully saturated rings. The Morgan fingerprint density at radius 2 is 1.74 bits per heavy atom. The van der Waals surface area contributed by atoms with E-state index in [-0.39, 0.29) is 24.1 Å². The maximum atomic E-state index is 14.4. The number of benzene rings is 3. The Labute approximate surface area is 219 Å². The lowest BCUT2D eigenvalue weighted by molar-refractivity contribution is -0.276. The van der Waals surface area contributed by atoms with Gasteiger partial charge in [0.2, 0.25) is 5.91 Å². The van der Waals surface area contributed by atoms with E-state index >= 15 is 0 Å². The lowest BCUT2D eigenvalue weighted by atomic mass is 9.84. The number of oxime groups is 1. The van der Waals surface area contributed by atoms with Crippen LogP contribution < -0.4 is 5.32 Å². The lowest BCUT2D eigenvalue weighted by Gasteiger charge is -2.30. The van der Waals surface area contributed by atoms with Crippen molar-refractivity contribution in [3.63, 3.8) is 0 Å². The Balaban J connectivity index is 1.72. The number of hydrogen-bond acceptors (Lipinski definition) is 3. The molecule has 1 atom stereocenters. The second-order valence-corrected chi connectivity index (χ2v) is 9.99. The number of nitrogens with zero attached hydrogens (tertiary/aromatic N) is 1. The number of rotatable bonds is 6. The van der Waals surface area contributed by atoms with Gasteiger partial charge in [-0.25, -0.2) is 0 Å². The summed E-state index contributed by atoms with van der Waals surface area (Å²) >= 11 is 5.78.